The van der Waals surface area contributed by atoms with E-state index in [1.54, 1.807) is 6.07 Å². The molecule has 0 saturated carbocycles. The van der Waals surface area contributed by atoms with Crippen molar-refractivity contribution < 1.29 is 14.3 Å². The second kappa shape index (κ2) is 5.87. The molecule has 0 unspecified atom stereocenters. The molecule has 3 rings (SSSR count). The molecule has 0 aliphatic carbocycles. The van der Waals surface area contributed by atoms with Crippen molar-refractivity contribution in [3.63, 3.8) is 0 Å². The van der Waals surface area contributed by atoms with Gasteiger partial charge in [-0.15, -0.1) is 0 Å². The minimum Gasteiger partial charge on any atom is -0.475 e. The van der Waals surface area contributed by atoms with Crippen LogP contribution in [0.2, 0.25) is 0 Å². The summed E-state index contributed by atoms with van der Waals surface area (Å²) in [4.78, 5) is 15.6. The Morgan fingerprint density at radius 1 is 1.20 bits per heavy atom. The molecule has 1 N–H and O–H groups in total. The van der Waals surface area contributed by atoms with Gasteiger partial charge < -0.3 is 19.3 Å². The largest absolute Gasteiger partial charge is 0.475 e. The summed E-state index contributed by atoms with van der Waals surface area (Å²) in [7, 11) is 0. The first-order valence-electron chi connectivity index (χ1n) is 7.53. The molecule has 1 aromatic rings. The Bertz CT molecular complexity index is 457. The molecule has 0 spiro atoms. The maximum absolute atomic E-state index is 10.8. The van der Waals surface area contributed by atoms with Crippen LogP contribution in [-0.4, -0.2) is 48.7 Å². The molecule has 0 bridgehead atoms. The van der Waals surface area contributed by atoms with Crippen LogP contribution in [0, 0.1) is 5.92 Å². The minimum atomic E-state index is -1.000. The summed E-state index contributed by atoms with van der Waals surface area (Å²) in [5, 5.41) is 8.88. The fraction of sp³-hybridized carbons (Fsp3) is 0.667. The molecule has 20 heavy (non-hydrogen) atoms. The third kappa shape index (κ3) is 2.98. The van der Waals surface area contributed by atoms with Crippen molar-refractivity contribution in [1.82, 2.24) is 4.90 Å². The first-order valence-corrected chi connectivity index (χ1v) is 7.53. The number of hydrogen-bond donors (Lipinski definition) is 1. The Labute approximate surface area is 119 Å². The van der Waals surface area contributed by atoms with Crippen molar-refractivity contribution in [2.75, 3.05) is 37.6 Å². The van der Waals surface area contributed by atoms with Gasteiger partial charge in [-0.1, -0.05) is 0 Å². The zero-order chi connectivity index (χ0) is 13.9. The molecule has 2 fully saturated rings. The quantitative estimate of drug-likeness (QED) is 0.915. The number of furan rings is 1. The summed E-state index contributed by atoms with van der Waals surface area (Å²) >= 11 is 0. The third-order valence-electron chi connectivity index (χ3n) is 4.44. The van der Waals surface area contributed by atoms with Crippen LogP contribution in [0.4, 0.5) is 5.88 Å². The van der Waals surface area contributed by atoms with Crippen molar-refractivity contribution >= 4 is 11.9 Å². The average Bonchev–Trinajstić information content (AvgIpc) is 3.10. The molecule has 2 aliphatic heterocycles. The average molecular weight is 278 g/mol. The normalized spacial score (nSPS) is 21.5. The number of anilines is 1. The van der Waals surface area contributed by atoms with E-state index in [0.717, 1.165) is 19.0 Å². The summed E-state index contributed by atoms with van der Waals surface area (Å²) in [6.45, 7) is 5.68. The number of carbonyl (C=O) groups is 1. The Morgan fingerprint density at radius 2 is 1.90 bits per heavy atom. The van der Waals surface area contributed by atoms with E-state index in [2.05, 4.69) is 9.80 Å². The van der Waals surface area contributed by atoms with E-state index in [1.807, 2.05) is 0 Å². The number of aromatic carboxylic acids is 1. The van der Waals surface area contributed by atoms with Gasteiger partial charge in [0.05, 0.1) is 0 Å². The van der Waals surface area contributed by atoms with Crippen molar-refractivity contribution in [2.24, 2.45) is 5.92 Å². The lowest BCUT2D eigenvalue weighted by molar-refractivity contribution is 0.0663. The zero-order valence-electron chi connectivity index (χ0n) is 11.8. The molecule has 5 heteroatoms. The maximum atomic E-state index is 10.8. The van der Waals surface area contributed by atoms with Gasteiger partial charge in [0.15, 0.2) is 5.88 Å². The van der Waals surface area contributed by atoms with Gasteiger partial charge in [-0.05, 0) is 50.8 Å². The molecule has 0 amide bonds. The van der Waals surface area contributed by atoms with Crippen LogP contribution in [0.5, 0.6) is 0 Å². The molecule has 110 valence electrons. The molecule has 0 aromatic carbocycles. The number of piperidine rings is 1. The first kappa shape index (κ1) is 13.5. The van der Waals surface area contributed by atoms with E-state index in [-0.39, 0.29) is 5.76 Å². The predicted molar refractivity (Wildman–Crippen MR) is 76.3 cm³/mol. The van der Waals surface area contributed by atoms with Crippen LogP contribution < -0.4 is 4.90 Å². The smallest absolute Gasteiger partial charge is 0.371 e. The lowest BCUT2D eigenvalue weighted by atomic mass is 9.96. The lowest BCUT2D eigenvalue weighted by Gasteiger charge is -2.33. The van der Waals surface area contributed by atoms with E-state index < -0.39 is 5.97 Å². The molecule has 5 nitrogen and oxygen atoms in total. The topological polar surface area (TPSA) is 56.9 Å². The predicted octanol–water partition coefficient (Wildman–Crippen LogP) is 2.29. The van der Waals surface area contributed by atoms with Crippen LogP contribution >= 0.6 is 0 Å². The highest BCUT2D eigenvalue weighted by Crippen LogP contribution is 2.26. The molecule has 2 saturated heterocycles. The summed E-state index contributed by atoms with van der Waals surface area (Å²) < 4.78 is 5.37. The summed E-state index contributed by atoms with van der Waals surface area (Å²) in [6.07, 6.45) is 5.03. The van der Waals surface area contributed by atoms with Crippen LogP contribution in [0.1, 0.15) is 36.2 Å². The van der Waals surface area contributed by atoms with Gasteiger partial charge in [-0.25, -0.2) is 4.79 Å². The van der Waals surface area contributed by atoms with Crippen molar-refractivity contribution in [2.45, 2.75) is 25.7 Å². The molecule has 0 radical (unpaired) electrons. The maximum Gasteiger partial charge on any atom is 0.371 e. The number of hydrogen-bond acceptors (Lipinski definition) is 4. The summed E-state index contributed by atoms with van der Waals surface area (Å²) in [5.41, 5.74) is 0. The molecular formula is C15H22N2O3. The molecule has 2 aliphatic rings. The molecule has 3 heterocycles. The monoisotopic (exact) mass is 278 g/mol. The SMILES string of the molecule is O=C(O)c1ccc(N2CCC(CN3CCCC3)CC2)o1. The summed E-state index contributed by atoms with van der Waals surface area (Å²) in [6, 6.07) is 3.30. The van der Waals surface area contributed by atoms with Gasteiger partial charge in [0, 0.05) is 25.7 Å². The van der Waals surface area contributed by atoms with E-state index in [9.17, 15) is 4.79 Å². The highest BCUT2D eigenvalue weighted by Gasteiger charge is 2.24. The second-order valence-corrected chi connectivity index (χ2v) is 5.88. The summed E-state index contributed by atoms with van der Waals surface area (Å²) in [5.74, 6) is 0.500. The van der Waals surface area contributed by atoms with Crippen molar-refractivity contribution in [3.05, 3.63) is 17.9 Å². The van der Waals surface area contributed by atoms with E-state index >= 15 is 0 Å². The highest BCUT2D eigenvalue weighted by molar-refractivity contribution is 5.84. The minimum absolute atomic E-state index is 0.0270. The zero-order valence-corrected chi connectivity index (χ0v) is 11.8. The van der Waals surface area contributed by atoms with Gasteiger partial charge >= 0.3 is 5.97 Å². The fourth-order valence-electron chi connectivity index (χ4n) is 3.28. The molecule has 1 aromatic heterocycles. The Morgan fingerprint density at radius 3 is 2.50 bits per heavy atom. The van der Waals surface area contributed by atoms with Crippen LogP contribution in [0.15, 0.2) is 16.5 Å². The van der Waals surface area contributed by atoms with Gasteiger partial charge in [0.25, 0.3) is 0 Å². The second-order valence-electron chi connectivity index (χ2n) is 5.88. The number of rotatable bonds is 4. The standard InChI is InChI=1S/C15H22N2O3/c18-15(19)13-3-4-14(20-13)17-9-5-12(6-10-17)11-16-7-1-2-8-16/h3-4,12H,1-2,5-11H2,(H,18,19). The Hall–Kier alpha value is -1.49. The third-order valence-corrected chi connectivity index (χ3v) is 4.44. The van der Waals surface area contributed by atoms with E-state index in [0.29, 0.717) is 5.88 Å². The van der Waals surface area contributed by atoms with Gasteiger partial charge in [-0.2, -0.15) is 0 Å². The Kier molecular flexibility index (Phi) is 3.96. The van der Waals surface area contributed by atoms with E-state index in [4.69, 9.17) is 9.52 Å². The molecule has 0 atom stereocenters. The lowest BCUT2D eigenvalue weighted by Crippen LogP contribution is -2.38. The van der Waals surface area contributed by atoms with Gasteiger partial charge in [-0.3, -0.25) is 0 Å². The van der Waals surface area contributed by atoms with E-state index in [1.165, 1.54) is 51.4 Å². The van der Waals surface area contributed by atoms with Crippen molar-refractivity contribution in [1.29, 1.82) is 0 Å². The van der Waals surface area contributed by atoms with Gasteiger partial charge in [0.2, 0.25) is 5.76 Å². The molecular weight excluding hydrogens is 256 g/mol. The van der Waals surface area contributed by atoms with Gasteiger partial charge in [0.1, 0.15) is 0 Å². The number of carboxylic acid groups (broad SMARTS) is 1. The van der Waals surface area contributed by atoms with Crippen LogP contribution in [-0.2, 0) is 0 Å². The highest BCUT2D eigenvalue weighted by atomic mass is 16.4. The fourth-order valence-corrected chi connectivity index (χ4v) is 3.28. The number of likely N-dealkylation sites (tertiary alicyclic amines) is 1. The van der Waals surface area contributed by atoms with Crippen LogP contribution in [0.3, 0.4) is 0 Å². The first-order chi connectivity index (χ1) is 9.72. The van der Waals surface area contributed by atoms with Crippen molar-refractivity contribution in [3.8, 4) is 0 Å². The Balaban J connectivity index is 1.51. The number of carboxylic acids is 1. The van der Waals surface area contributed by atoms with Crippen LogP contribution in [0.25, 0.3) is 0 Å². The number of nitrogens with zero attached hydrogens (tertiary/aromatic N) is 2.